The first kappa shape index (κ1) is 17.3. The van der Waals surface area contributed by atoms with Crippen LogP contribution in [0.5, 0.6) is 0 Å². The highest BCUT2D eigenvalue weighted by molar-refractivity contribution is 6.30. The van der Waals surface area contributed by atoms with E-state index in [1.807, 2.05) is 25.3 Å². The van der Waals surface area contributed by atoms with Crippen molar-refractivity contribution >= 4 is 29.4 Å². The van der Waals surface area contributed by atoms with Gasteiger partial charge in [0.15, 0.2) is 5.82 Å². The van der Waals surface area contributed by atoms with Crippen molar-refractivity contribution < 1.29 is 14.7 Å². The Bertz CT molecular complexity index is 788. The second kappa shape index (κ2) is 7.14. The molecule has 1 aromatic carbocycles. The number of halogens is 1. The minimum atomic E-state index is -0.860. The molecule has 0 bridgehead atoms. The van der Waals surface area contributed by atoms with Gasteiger partial charge < -0.3 is 10.0 Å². The molecule has 1 aliphatic heterocycles. The van der Waals surface area contributed by atoms with Crippen molar-refractivity contribution in [2.24, 2.45) is 5.92 Å². The summed E-state index contributed by atoms with van der Waals surface area (Å²) in [5, 5.41) is 16.9. The van der Waals surface area contributed by atoms with Gasteiger partial charge in [0.1, 0.15) is 0 Å². The molecule has 1 fully saturated rings. The molecule has 2 heterocycles. The maximum atomic E-state index is 12.4. The lowest BCUT2D eigenvalue weighted by Gasteiger charge is -2.30. The summed E-state index contributed by atoms with van der Waals surface area (Å²) >= 11 is 5.89. The first-order chi connectivity index (χ1) is 11.9. The molecule has 1 atom stereocenters. The fourth-order valence-corrected chi connectivity index (χ4v) is 2.98. The van der Waals surface area contributed by atoms with E-state index in [0.29, 0.717) is 30.2 Å². The van der Waals surface area contributed by atoms with Crippen molar-refractivity contribution in [2.45, 2.75) is 19.8 Å². The number of aliphatic carboxylic acids is 1. The molecule has 0 radical (unpaired) electrons. The third kappa shape index (κ3) is 3.93. The molecule has 2 aromatic rings. The molecule has 0 spiro atoms. The number of anilines is 1. The number of carboxylic acids is 1. The summed E-state index contributed by atoms with van der Waals surface area (Å²) in [5.74, 6) is -0.912. The van der Waals surface area contributed by atoms with Crippen LogP contribution >= 0.6 is 11.6 Å². The van der Waals surface area contributed by atoms with E-state index in [1.165, 1.54) is 4.90 Å². The largest absolute Gasteiger partial charge is 0.481 e. The van der Waals surface area contributed by atoms with Gasteiger partial charge in [0, 0.05) is 29.9 Å². The summed E-state index contributed by atoms with van der Waals surface area (Å²) in [6.45, 7) is 2.62. The van der Waals surface area contributed by atoms with Crippen molar-refractivity contribution in [2.75, 3.05) is 18.4 Å². The number of benzene rings is 1. The van der Waals surface area contributed by atoms with Gasteiger partial charge in [0.05, 0.1) is 11.6 Å². The number of nitrogens with one attached hydrogen (secondary N) is 1. The van der Waals surface area contributed by atoms with Crippen LogP contribution in [0.2, 0.25) is 5.02 Å². The Morgan fingerprint density at radius 1 is 1.32 bits per heavy atom. The Labute approximate surface area is 150 Å². The van der Waals surface area contributed by atoms with Crippen LogP contribution in [0.1, 0.15) is 18.4 Å². The highest BCUT2D eigenvalue weighted by Crippen LogP contribution is 2.20. The number of piperidine rings is 1. The zero-order valence-corrected chi connectivity index (χ0v) is 14.5. The summed E-state index contributed by atoms with van der Waals surface area (Å²) in [6.07, 6.45) is 3.10. The quantitative estimate of drug-likeness (QED) is 0.877. The SMILES string of the molecule is Cc1cn(-c2ccc(Cl)cc2)nc1NC(=O)N1CCCC(C(=O)O)C1. The van der Waals surface area contributed by atoms with Gasteiger partial charge in [0.2, 0.25) is 0 Å². The van der Waals surface area contributed by atoms with E-state index in [0.717, 1.165) is 11.3 Å². The molecule has 0 saturated carbocycles. The lowest BCUT2D eigenvalue weighted by molar-refractivity contribution is -0.143. The summed E-state index contributed by atoms with van der Waals surface area (Å²) in [4.78, 5) is 25.1. The van der Waals surface area contributed by atoms with Gasteiger partial charge in [-0.05, 0) is 44.0 Å². The number of hydrogen-bond donors (Lipinski definition) is 2. The normalized spacial score (nSPS) is 17.4. The van der Waals surface area contributed by atoms with Crippen LogP contribution in [-0.2, 0) is 4.79 Å². The summed E-state index contributed by atoms with van der Waals surface area (Å²) in [6, 6.07) is 6.89. The predicted molar refractivity (Wildman–Crippen MR) is 94.3 cm³/mol. The van der Waals surface area contributed by atoms with Crippen molar-refractivity contribution in [1.29, 1.82) is 0 Å². The van der Waals surface area contributed by atoms with E-state index in [9.17, 15) is 9.59 Å². The summed E-state index contributed by atoms with van der Waals surface area (Å²) < 4.78 is 1.66. The minimum Gasteiger partial charge on any atom is -0.481 e. The lowest BCUT2D eigenvalue weighted by Crippen LogP contribution is -2.44. The number of hydrogen-bond acceptors (Lipinski definition) is 3. The molecule has 1 unspecified atom stereocenters. The van der Waals surface area contributed by atoms with Crippen LogP contribution in [0.4, 0.5) is 10.6 Å². The van der Waals surface area contributed by atoms with Crippen LogP contribution in [0.15, 0.2) is 30.5 Å². The number of carbonyl (C=O) groups is 2. The zero-order chi connectivity index (χ0) is 18.0. The molecule has 3 rings (SSSR count). The molecule has 7 nitrogen and oxygen atoms in total. The summed E-state index contributed by atoms with van der Waals surface area (Å²) in [7, 11) is 0. The van der Waals surface area contributed by atoms with Crippen molar-refractivity contribution in [1.82, 2.24) is 14.7 Å². The van der Waals surface area contributed by atoms with Crippen molar-refractivity contribution in [3.63, 3.8) is 0 Å². The Morgan fingerprint density at radius 3 is 2.72 bits per heavy atom. The van der Waals surface area contributed by atoms with Gasteiger partial charge in [-0.1, -0.05) is 11.6 Å². The number of aryl methyl sites for hydroxylation is 1. The number of nitrogens with zero attached hydrogens (tertiary/aromatic N) is 3. The maximum Gasteiger partial charge on any atom is 0.323 e. The van der Waals surface area contributed by atoms with Crippen molar-refractivity contribution in [3.8, 4) is 5.69 Å². The molecule has 1 saturated heterocycles. The average molecular weight is 363 g/mol. The Hall–Kier alpha value is -2.54. The standard InChI is InChI=1S/C17H19ClN4O3/c1-11-9-22(14-6-4-13(18)5-7-14)20-15(11)19-17(25)21-8-2-3-12(10-21)16(23)24/h4-7,9,12H,2-3,8,10H2,1H3,(H,23,24)(H,19,20,25). The number of aromatic nitrogens is 2. The maximum absolute atomic E-state index is 12.4. The van der Waals surface area contributed by atoms with Crippen LogP contribution in [0.25, 0.3) is 5.69 Å². The van der Waals surface area contributed by atoms with E-state index in [-0.39, 0.29) is 12.6 Å². The second-order valence-electron chi connectivity index (χ2n) is 6.14. The third-order valence-electron chi connectivity index (χ3n) is 4.27. The molecule has 132 valence electrons. The third-order valence-corrected chi connectivity index (χ3v) is 4.52. The molecule has 2 amide bonds. The fourth-order valence-electron chi connectivity index (χ4n) is 2.85. The van der Waals surface area contributed by atoms with Gasteiger partial charge in [-0.15, -0.1) is 5.10 Å². The number of carboxylic acid groups (broad SMARTS) is 1. The number of likely N-dealkylation sites (tertiary alicyclic amines) is 1. The van der Waals surface area contributed by atoms with E-state index >= 15 is 0 Å². The van der Waals surface area contributed by atoms with Gasteiger partial charge in [-0.3, -0.25) is 10.1 Å². The molecule has 1 aliphatic rings. The fraction of sp³-hybridized carbons (Fsp3) is 0.353. The highest BCUT2D eigenvalue weighted by Gasteiger charge is 2.28. The smallest absolute Gasteiger partial charge is 0.323 e. The lowest BCUT2D eigenvalue weighted by atomic mass is 9.99. The van der Waals surface area contributed by atoms with Crippen LogP contribution in [0.3, 0.4) is 0 Å². The monoisotopic (exact) mass is 362 g/mol. The highest BCUT2D eigenvalue weighted by atomic mass is 35.5. The summed E-state index contributed by atoms with van der Waals surface area (Å²) in [5.41, 5.74) is 1.65. The van der Waals surface area contributed by atoms with Crippen molar-refractivity contribution in [3.05, 3.63) is 41.0 Å². The van der Waals surface area contributed by atoms with E-state index in [1.54, 1.807) is 16.8 Å². The molecule has 2 N–H and O–H groups in total. The van der Waals surface area contributed by atoms with Gasteiger partial charge in [0.25, 0.3) is 0 Å². The Balaban J connectivity index is 1.71. The topological polar surface area (TPSA) is 87.5 Å². The number of urea groups is 1. The first-order valence-corrected chi connectivity index (χ1v) is 8.43. The predicted octanol–water partition coefficient (Wildman–Crippen LogP) is 3.16. The van der Waals surface area contributed by atoms with Crippen LogP contribution in [-0.4, -0.2) is 44.9 Å². The van der Waals surface area contributed by atoms with Gasteiger partial charge in [-0.25, -0.2) is 9.48 Å². The van der Waals surface area contributed by atoms with E-state index in [4.69, 9.17) is 16.7 Å². The Morgan fingerprint density at radius 2 is 2.04 bits per heavy atom. The molecular formula is C17H19ClN4O3. The Kier molecular flexibility index (Phi) is 4.94. The first-order valence-electron chi connectivity index (χ1n) is 8.05. The number of amides is 2. The van der Waals surface area contributed by atoms with Gasteiger partial charge >= 0.3 is 12.0 Å². The van der Waals surface area contributed by atoms with Gasteiger partial charge in [-0.2, -0.15) is 0 Å². The molecule has 25 heavy (non-hydrogen) atoms. The number of carbonyl (C=O) groups excluding carboxylic acids is 1. The van der Waals surface area contributed by atoms with Crippen LogP contribution in [0, 0.1) is 12.8 Å². The minimum absolute atomic E-state index is 0.220. The second-order valence-corrected chi connectivity index (χ2v) is 6.57. The zero-order valence-electron chi connectivity index (χ0n) is 13.8. The van der Waals surface area contributed by atoms with E-state index < -0.39 is 11.9 Å². The molecular weight excluding hydrogens is 344 g/mol. The molecule has 8 heteroatoms. The number of rotatable bonds is 3. The molecule has 0 aliphatic carbocycles. The van der Waals surface area contributed by atoms with Crippen LogP contribution < -0.4 is 5.32 Å². The van der Waals surface area contributed by atoms with E-state index in [2.05, 4.69) is 10.4 Å². The average Bonchev–Trinajstić information content (AvgIpc) is 2.96. The molecule has 1 aromatic heterocycles.